The van der Waals surface area contributed by atoms with Gasteiger partial charge >= 0.3 is 0 Å². The number of ether oxygens (including phenoxy) is 2. The topological polar surface area (TPSA) is 46.1 Å². The Bertz CT molecular complexity index is 699. The summed E-state index contributed by atoms with van der Waals surface area (Å²) in [7, 11) is 0. The number of halogens is 1. The van der Waals surface area contributed by atoms with E-state index in [1.165, 1.54) is 18.6 Å². The van der Waals surface area contributed by atoms with Crippen LogP contribution in [0.5, 0.6) is 11.5 Å². The Labute approximate surface area is 160 Å². The summed E-state index contributed by atoms with van der Waals surface area (Å²) in [4.78, 5) is 2.56. The lowest BCUT2D eigenvalue weighted by Crippen LogP contribution is -2.56. The molecule has 1 N–H and O–H groups in total. The Morgan fingerprint density at radius 1 is 1.27 bits per heavy atom. The highest BCUT2D eigenvalue weighted by molar-refractivity contribution is 6.32. The normalized spacial score (nSPS) is 29.3. The van der Waals surface area contributed by atoms with Gasteiger partial charge < -0.3 is 14.9 Å². The molecular formula is C20H28ClN3O2. The third-order valence-electron chi connectivity index (χ3n) is 5.54. The number of rotatable bonds is 6. The summed E-state index contributed by atoms with van der Waals surface area (Å²) in [6, 6.07) is 4.56. The zero-order chi connectivity index (χ0) is 18.3. The van der Waals surface area contributed by atoms with Crippen LogP contribution in [0.15, 0.2) is 17.2 Å². The maximum Gasteiger partial charge on any atom is 0.179 e. The first-order chi connectivity index (χ1) is 12.6. The van der Waals surface area contributed by atoms with Crippen molar-refractivity contribution in [3.63, 3.8) is 0 Å². The van der Waals surface area contributed by atoms with Gasteiger partial charge in [0.2, 0.25) is 0 Å². The Hall–Kier alpha value is -1.46. The number of nitrogens with one attached hydrogen (secondary N) is 1. The summed E-state index contributed by atoms with van der Waals surface area (Å²) in [5.74, 6) is 2.44. The number of hydrogen-bond acceptors (Lipinski definition) is 5. The van der Waals surface area contributed by atoms with Crippen LogP contribution in [-0.2, 0) is 0 Å². The first-order valence-corrected chi connectivity index (χ1v) is 10.1. The molecule has 2 atom stereocenters. The Morgan fingerprint density at radius 2 is 2.04 bits per heavy atom. The summed E-state index contributed by atoms with van der Waals surface area (Å²) in [6.07, 6.45) is 2.47. The van der Waals surface area contributed by atoms with Crippen LogP contribution in [0.2, 0.25) is 5.02 Å². The number of fused-ring (bicyclic) bond motifs is 2. The van der Waals surface area contributed by atoms with E-state index in [1.54, 1.807) is 0 Å². The number of benzene rings is 1. The second-order valence-electron chi connectivity index (χ2n) is 7.87. The maximum atomic E-state index is 6.60. The molecule has 0 saturated carbocycles. The van der Waals surface area contributed by atoms with Crippen molar-refractivity contribution < 1.29 is 9.47 Å². The van der Waals surface area contributed by atoms with Crippen LogP contribution in [0.3, 0.4) is 0 Å². The van der Waals surface area contributed by atoms with Crippen molar-refractivity contribution in [3.05, 3.63) is 22.7 Å². The van der Waals surface area contributed by atoms with Gasteiger partial charge in [0.25, 0.3) is 0 Å². The smallest absolute Gasteiger partial charge is 0.179 e. The minimum Gasteiger partial charge on any atom is -0.490 e. The monoisotopic (exact) mass is 377 g/mol. The van der Waals surface area contributed by atoms with Gasteiger partial charge in [0.15, 0.2) is 11.5 Å². The number of hydrogen-bond donors (Lipinski definition) is 1. The van der Waals surface area contributed by atoms with Crippen LogP contribution in [0, 0.1) is 11.8 Å². The lowest BCUT2D eigenvalue weighted by molar-refractivity contribution is 0.133. The average molecular weight is 378 g/mol. The van der Waals surface area contributed by atoms with E-state index >= 15 is 0 Å². The molecule has 4 aliphatic heterocycles. The van der Waals surface area contributed by atoms with Gasteiger partial charge in [-0.15, -0.1) is 0 Å². The van der Waals surface area contributed by atoms with Gasteiger partial charge in [0, 0.05) is 5.92 Å². The first kappa shape index (κ1) is 17.9. The van der Waals surface area contributed by atoms with Crippen LogP contribution >= 0.6 is 11.6 Å². The van der Waals surface area contributed by atoms with E-state index in [2.05, 4.69) is 30.2 Å². The predicted octanol–water partition coefficient (Wildman–Crippen LogP) is 3.87. The Morgan fingerprint density at radius 3 is 2.73 bits per heavy atom. The molecule has 5 nitrogen and oxygen atoms in total. The molecule has 3 saturated heterocycles. The highest BCUT2D eigenvalue weighted by Gasteiger charge is 2.47. The van der Waals surface area contributed by atoms with Gasteiger partial charge in [-0.1, -0.05) is 25.4 Å². The van der Waals surface area contributed by atoms with Gasteiger partial charge in [-0.25, -0.2) is 0 Å². The molecule has 0 aliphatic carbocycles. The van der Waals surface area contributed by atoms with E-state index < -0.39 is 0 Å². The van der Waals surface area contributed by atoms with Crippen LogP contribution in [-0.4, -0.2) is 43.0 Å². The van der Waals surface area contributed by atoms with Crippen molar-refractivity contribution >= 4 is 17.3 Å². The molecule has 0 radical (unpaired) electrons. The van der Waals surface area contributed by atoms with E-state index in [-0.39, 0.29) is 6.04 Å². The fraction of sp³-hybridized carbons (Fsp3) is 0.650. The summed E-state index contributed by atoms with van der Waals surface area (Å²) in [5, 5.41) is 5.30. The predicted molar refractivity (Wildman–Crippen MR) is 104 cm³/mol. The second-order valence-corrected chi connectivity index (χ2v) is 8.27. The van der Waals surface area contributed by atoms with E-state index in [0.29, 0.717) is 41.9 Å². The Balaban J connectivity index is 1.63. The van der Waals surface area contributed by atoms with Crippen LogP contribution in [0.4, 0.5) is 0 Å². The third-order valence-corrected chi connectivity index (χ3v) is 5.83. The minimum absolute atomic E-state index is 0.129. The average Bonchev–Trinajstić information content (AvgIpc) is 3.09. The number of nitrogens with zero attached hydrogens (tertiary/aromatic N) is 2. The quantitative estimate of drug-likeness (QED) is 0.817. The summed E-state index contributed by atoms with van der Waals surface area (Å²) < 4.78 is 11.8. The summed E-state index contributed by atoms with van der Waals surface area (Å²) >= 11 is 6.60. The number of hydrazone groups is 1. The molecular weight excluding hydrogens is 350 g/mol. The molecule has 4 aliphatic rings. The SMILES string of the molecule is CCOc1cc(C2NN=C3C4CCN(CC4)C32)cc(Cl)c1OCC(C)C. The molecule has 0 spiro atoms. The molecule has 0 amide bonds. The maximum absolute atomic E-state index is 6.60. The lowest BCUT2D eigenvalue weighted by atomic mass is 9.78. The van der Waals surface area contributed by atoms with Crippen LogP contribution in [0.25, 0.3) is 0 Å². The summed E-state index contributed by atoms with van der Waals surface area (Å²) in [5.41, 5.74) is 5.81. The van der Waals surface area contributed by atoms with Gasteiger partial charge in [-0.3, -0.25) is 4.90 Å². The van der Waals surface area contributed by atoms with Crippen molar-refractivity contribution in [1.29, 1.82) is 0 Å². The van der Waals surface area contributed by atoms with Gasteiger partial charge in [-0.2, -0.15) is 5.10 Å². The summed E-state index contributed by atoms with van der Waals surface area (Å²) in [6.45, 7) is 9.74. The molecule has 3 fully saturated rings. The largest absolute Gasteiger partial charge is 0.490 e. The fourth-order valence-corrected chi connectivity index (χ4v) is 4.61. The highest BCUT2D eigenvalue weighted by atomic mass is 35.5. The van der Waals surface area contributed by atoms with E-state index in [0.717, 1.165) is 24.4 Å². The number of piperidine rings is 3. The molecule has 2 unspecified atom stereocenters. The van der Waals surface area contributed by atoms with Crippen molar-refractivity contribution in [1.82, 2.24) is 10.3 Å². The Kier molecular flexibility index (Phi) is 5.02. The molecule has 26 heavy (non-hydrogen) atoms. The zero-order valence-electron chi connectivity index (χ0n) is 15.8. The fourth-order valence-electron chi connectivity index (χ4n) is 4.33. The van der Waals surface area contributed by atoms with E-state index in [1.807, 2.05) is 13.0 Å². The van der Waals surface area contributed by atoms with Crippen LogP contribution < -0.4 is 14.9 Å². The first-order valence-electron chi connectivity index (χ1n) is 9.74. The van der Waals surface area contributed by atoms with Crippen molar-refractivity contribution in [2.75, 3.05) is 26.3 Å². The van der Waals surface area contributed by atoms with Crippen molar-refractivity contribution in [3.8, 4) is 11.5 Å². The van der Waals surface area contributed by atoms with Crippen molar-refractivity contribution in [2.45, 2.75) is 45.7 Å². The van der Waals surface area contributed by atoms with Gasteiger partial charge in [-0.05, 0) is 56.5 Å². The van der Waals surface area contributed by atoms with Gasteiger partial charge in [0.1, 0.15) is 0 Å². The molecule has 6 heteroatoms. The van der Waals surface area contributed by atoms with E-state index in [9.17, 15) is 0 Å². The van der Waals surface area contributed by atoms with E-state index in [4.69, 9.17) is 26.2 Å². The standard InChI is InChI=1S/C20H28ClN3O2/c1-4-25-16-10-14(9-15(21)20(16)26-11-12(2)3)18-19-17(22-23-18)13-5-7-24(19)8-6-13/h9-10,12-13,18-19,23H,4-8,11H2,1-3H3. The highest BCUT2D eigenvalue weighted by Crippen LogP contribution is 2.43. The molecule has 1 aromatic rings. The molecule has 5 rings (SSSR count). The molecule has 4 heterocycles. The molecule has 1 aromatic carbocycles. The third kappa shape index (κ3) is 3.16. The van der Waals surface area contributed by atoms with Crippen LogP contribution in [0.1, 0.15) is 45.2 Å². The molecule has 0 aromatic heterocycles. The van der Waals surface area contributed by atoms with Crippen molar-refractivity contribution in [2.24, 2.45) is 16.9 Å². The second kappa shape index (κ2) is 7.28. The lowest BCUT2D eigenvalue weighted by Gasteiger charge is -2.45. The molecule has 142 valence electrons. The minimum atomic E-state index is 0.129. The zero-order valence-corrected chi connectivity index (χ0v) is 16.6. The molecule has 2 bridgehead atoms. The van der Waals surface area contributed by atoms with Gasteiger partial charge in [0.05, 0.1) is 36.0 Å².